The van der Waals surface area contributed by atoms with Gasteiger partial charge in [0.15, 0.2) is 0 Å². The lowest BCUT2D eigenvalue weighted by molar-refractivity contribution is -0.151. The van der Waals surface area contributed by atoms with Gasteiger partial charge in [-0.15, -0.1) is 0 Å². The van der Waals surface area contributed by atoms with E-state index < -0.39 is 11.4 Å². The minimum Gasteiger partial charge on any atom is -0.481 e. The summed E-state index contributed by atoms with van der Waals surface area (Å²) in [4.78, 5) is 11.5. The Kier molecular flexibility index (Phi) is 3.53. The van der Waals surface area contributed by atoms with Crippen LogP contribution in [0.5, 0.6) is 0 Å². The van der Waals surface area contributed by atoms with Gasteiger partial charge in [0.25, 0.3) is 0 Å². The molecule has 0 radical (unpaired) electrons. The van der Waals surface area contributed by atoms with Gasteiger partial charge in [0.05, 0.1) is 11.5 Å². The standard InChI is InChI=1S/C13H22O3/c1-2-10-5-6-13(8-10,12(14)15)9-11-4-3-7-16-11/h10-11H,2-9H2,1H3,(H,14,15). The third-order valence-corrected chi connectivity index (χ3v) is 4.38. The van der Waals surface area contributed by atoms with Crippen LogP contribution in [0.15, 0.2) is 0 Å². The zero-order chi connectivity index (χ0) is 11.6. The first-order chi connectivity index (χ1) is 7.66. The smallest absolute Gasteiger partial charge is 0.309 e. The van der Waals surface area contributed by atoms with Gasteiger partial charge in [-0.1, -0.05) is 13.3 Å². The number of carboxylic acids is 1. The molecule has 92 valence electrons. The van der Waals surface area contributed by atoms with Crippen LogP contribution >= 0.6 is 0 Å². The summed E-state index contributed by atoms with van der Waals surface area (Å²) < 4.78 is 5.60. The van der Waals surface area contributed by atoms with Crippen molar-refractivity contribution >= 4 is 5.97 Å². The van der Waals surface area contributed by atoms with E-state index in [0.717, 1.165) is 51.6 Å². The third kappa shape index (κ3) is 2.24. The van der Waals surface area contributed by atoms with Crippen LogP contribution in [-0.4, -0.2) is 23.8 Å². The van der Waals surface area contributed by atoms with Gasteiger partial charge in [-0.25, -0.2) is 0 Å². The van der Waals surface area contributed by atoms with E-state index in [1.165, 1.54) is 0 Å². The number of rotatable bonds is 4. The molecule has 3 heteroatoms. The molecule has 2 aliphatic rings. The highest BCUT2D eigenvalue weighted by Crippen LogP contribution is 2.47. The van der Waals surface area contributed by atoms with Crippen molar-refractivity contribution in [1.82, 2.24) is 0 Å². The molecule has 1 saturated carbocycles. The topological polar surface area (TPSA) is 46.5 Å². The Bertz CT molecular complexity index is 258. The largest absolute Gasteiger partial charge is 0.481 e. The first kappa shape index (κ1) is 11.9. The fraction of sp³-hybridized carbons (Fsp3) is 0.923. The lowest BCUT2D eigenvalue weighted by Crippen LogP contribution is -2.32. The maximum absolute atomic E-state index is 11.5. The minimum absolute atomic E-state index is 0.201. The van der Waals surface area contributed by atoms with Crippen molar-refractivity contribution in [2.45, 2.75) is 58.0 Å². The van der Waals surface area contributed by atoms with Crippen LogP contribution in [0.4, 0.5) is 0 Å². The number of hydrogen-bond donors (Lipinski definition) is 1. The average molecular weight is 226 g/mol. The predicted octanol–water partition coefficient (Wildman–Crippen LogP) is 2.84. The molecular weight excluding hydrogens is 204 g/mol. The fourth-order valence-corrected chi connectivity index (χ4v) is 3.29. The molecule has 1 saturated heterocycles. The summed E-state index contributed by atoms with van der Waals surface area (Å²) >= 11 is 0. The molecule has 0 spiro atoms. The molecule has 1 aliphatic carbocycles. The third-order valence-electron chi connectivity index (χ3n) is 4.38. The van der Waals surface area contributed by atoms with E-state index >= 15 is 0 Å². The summed E-state index contributed by atoms with van der Waals surface area (Å²) in [7, 11) is 0. The highest BCUT2D eigenvalue weighted by molar-refractivity contribution is 5.75. The molecule has 1 aliphatic heterocycles. The summed E-state index contributed by atoms with van der Waals surface area (Å²) in [5.41, 5.74) is -0.477. The molecule has 2 rings (SSSR count). The van der Waals surface area contributed by atoms with Crippen molar-refractivity contribution in [3.8, 4) is 0 Å². The van der Waals surface area contributed by atoms with E-state index in [9.17, 15) is 9.90 Å². The molecule has 3 nitrogen and oxygen atoms in total. The molecule has 2 fully saturated rings. The second kappa shape index (κ2) is 4.74. The van der Waals surface area contributed by atoms with Crippen LogP contribution in [0.25, 0.3) is 0 Å². The Morgan fingerprint density at radius 2 is 2.31 bits per heavy atom. The summed E-state index contributed by atoms with van der Waals surface area (Å²) in [6.07, 6.45) is 6.98. The number of hydrogen-bond acceptors (Lipinski definition) is 2. The summed E-state index contributed by atoms with van der Waals surface area (Å²) in [6.45, 7) is 2.98. The van der Waals surface area contributed by atoms with Gasteiger partial charge in [0.2, 0.25) is 0 Å². The Balaban J connectivity index is 2.01. The van der Waals surface area contributed by atoms with Crippen LogP contribution in [0.2, 0.25) is 0 Å². The maximum Gasteiger partial charge on any atom is 0.309 e. The first-order valence-corrected chi connectivity index (χ1v) is 6.51. The first-order valence-electron chi connectivity index (χ1n) is 6.51. The summed E-state index contributed by atoms with van der Waals surface area (Å²) in [5.74, 6) is 0.0106. The molecule has 0 aromatic carbocycles. The van der Waals surface area contributed by atoms with E-state index in [1.54, 1.807) is 0 Å². The van der Waals surface area contributed by atoms with Crippen molar-refractivity contribution in [2.75, 3.05) is 6.61 Å². The Morgan fingerprint density at radius 1 is 1.50 bits per heavy atom. The van der Waals surface area contributed by atoms with Crippen LogP contribution < -0.4 is 0 Å². The van der Waals surface area contributed by atoms with E-state index in [4.69, 9.17) is 4.74 Å². The highest BCUT2D eigenvalue weighted by atomic mass is 16.5. The van der Waals surface area contributed by atoms with E-state index in [2.05, 4.69) is 6.92 Å². The fourth-order valence-electron chi connectivity index (χ4n) is 3.29. The molecule has 0 aromatic rings. The van der Waals surface area contributed by atoms with E-state index in [1.807, 2.05) is 0 Å². The second-order valence-electron chi connectivity index (χ2n) is 5.44. The van der Waals surface area contributed by atoms with Gasteiger partial charge in [-0.05, 0) is 44.4 Å². The second-order valence-corrected chi connectivity index (χ2v) is 5.44. The monoisotopic (exact) mass is 226 g/mol. The van der Waals surface area contributed by atoms with Gasteiger partial charge in [-0.2, -0.15) is 0 Å². The molecule has 3 unspecified atom stereocenters. The van der Waals surface area contributed by atoms with E-state index in [-0.39, 0.29) is 6.10 Å². The quantitative estimate of drug-likeness (QED) is 0.801. The summed E-state index contributed by atoms with van der Waals surface area (Å²) in [6, 6.07) is 0. The Hall–Kier alpha value is -0.570. The zero-order valence-corrected chi connectivity index (χ0v) is 10.1. The lowest BCUT2D eigenvalue weighted by Gasteiger charge is -2.27. The molecule has 0 amide bonds. The maximum atomic E-state index is 11.5. The van der Waals surface area contributed by atoms with Crippen LogP contribution in [0, 0.1) is 11.3 Å². The van der Waals surface area contributed by atoms with Crippen LogP contribution in [0.1, 0.15) is 51.9 Å². The number of ether oxygens (including phenoxy) is 1. The number of carboxylic acid groups (broad SMARTS) is 1. The van der Waals surface area contributed by atoms with Gasteiger partial charge in [0.1, 0.15) is 0 Å². The normalized spacial score (nSPS) is 39.1. The summed E-state index contributed by atoms with van der Waals surface area (Å²) in [5, 5.41) is 9.48. The van der Waals surface area contributed by atoms with Crippen molar-refractivity contribution in [3.63, 3.8) is 0 Å². The van der Waals surface area contributed by atoms with Gasteiger partial charge < -0.3 is 9.84 Å². The zero-order valence-electron chi connectivity index (χ0n) is 10.1. The minimum atomic E-state index is -0.598. The average Bonchev–Trinajstić information content (AvgIpc) is 2.88. The van der Waals surface area contributed by atoms with Crippen molar-refractivity contribution in [1.29, 1.82) is 0 Å². The lowest BCUT2D eigenvalue weighted by atomic mass is 9.79. The Morgan fingerprint density at radius 3 is 2.81 bits per heavy atom. The molecule has 1 heterocycles. The SMILES string of the molecule is CCC1CCC(CC2CCCO2)(C(=O)O)C1. The van der Waals surface area contributed by atoms with Gasteiger partial charge in [0, 0.05) is 6.61 Å². The molecular formula is C13H22O3. The number of carbonyl (C=O) groups is 1. The predicted molar refractivity (Wildman–Crippen MR) is 61.3 cm³/mol. The van der Waals surface area contributed by atoms with E-state index in [0.29, 0.717) is 5.92 Å². The molecule has 1 N–H and O–H groups in total. The molecule has 0 bridgehead atoms. The molecule has 0 aromatic heterocycles. The van der Waals surface area contributed by atoms with Crippen molar-refractivity contribution in [3.05, 3.63) is 0 Å². The molecule has 3 atom stereocenters. The molecule has 16 heavy (non-hydrogen) atoms. The van der Waals surface area contributed by atoms with Crippen molar-refractivity contribution in [2.24, 2.45) is 11.3 Å². The van der Waals surface area contributed by atoms with Gasteiger partial charge >= 0.3 is 5.97 Å². The highest BCUT2D eigenvalue weighted by Gasteiger charge is 2.46. The van der Waals surface area contributed by atoms with Crippen molar-refractivity contribution < 1.29 is 14.6 Å². The van der Waals surface area contributed by atoms with Crippen LogP contribution in [0.3, 0.4) is 0 Å². The van der Waals surface area contributed by atoms with Crippen LogP contribution in [-0.2, 0) is 9.53 Å². The van der Waals surface area contributed by atoms with Gasteiger partial charge in [-0.3, -0.25) is 4.79 Å². The number of aliphatic carboxylic acids is 1. The Labute approximate surface area is 97.2 Å².